The Hall–Kier alpha value is -2.36. The summed E-state index contributed by atoms with van der Waals surface area (Å²) in [4.78, 5) is 0. The van der Waals surface area contributed by atoms with Gasteiger partial charge in [-0.3, -0.25) is 0 Å². The molecule has 4 bridgehead atoms. The third kappa shape index (κ3) is 5.76. The molecule has 0 saturated carbocycles. The number of allylic oxidation sites excluding steroid dienone is 2. The first kappa shape index (κ1) is 38.9. The van der Waals surface area contributed by atoms with Crippen molar-refractivity contribution in [3.63, 3.8) is 0 Å². The molecule has 7 rings (SSSR count). The molecule has 3 aliphatic rings. The molecule has 0 spiro atoms. The molecule has 1 heterocycles. The minimum absolute atomic E-state index is 0. The molecule has 0 amide bonds. The third-order valence-electron chi connectivity index (χ3n) is 11.1. The van der Waals surface area contributed by atoms with Crippen LogP contribution in [-0.2, 0) is 34.1 Å². The molecular weight excluding hydrogens is 751 g/mol. The van der Waals surface area contributed by atoms with E-state index in [-0.39, 0.29) is 35.6 Å². The van der Waals surface area contributed by atoms with E-state index in [1.807, 2.05) is 14.2 Å². The van der Waals surface area contributed by atoms with Gasteiger partial charge in [0.15, 0.2) is 0 Å². The van der Waals surface area contributed by atoms with Gasteiger partial charge in [0.25, 0.3) is 0 Å². The number of fused-ring (bicyclic) bond motifs is 8. The number of benzene rings is 4. The minimum Gasteiger partial charge on any atom is -1.00 e. The average molecular weight is 801 g/mol. The topological polar surface area (TPSA) is 18.5 Å². The number of hydrogen-bond donors (Lipinski definition) is 0. The maximum atomic E-state index is 6.47. The largest absolute Gasteiger partial charge is 1.00 e. The van der Waals surface area contributed by atoms with Crippen LogP contribution < -0.4 is 34.3 Å². The minimum atomic E-state index is -2.33. The molecule has 2 nitrogen and oxygen atoms in total. The Morgan fingerprint density at radius 2 is 0.900 bits per heavy atom. The van der Waals surface area contributed by atoms with Gasteiger partial charge in [-0.25, -0.2) is 0 Å². The van der Waals surface area contributed by atoms with Gasteiger partial charge in [-0.1, -0.05) is 0 Å². The van der Waals surface area contributed by atoms with Gasteiger partial charge in [0.05, 0.1) is 0 Å². The molecule has 2 unspecified atom stereocenters. The zero-order valence-electron chi connectivity index (χ0n) is 31.7. The van der Waals surface area contributed by atoms with Crippen LogP contribution in [0.25, 0.3) is 32.6 Å². The van der Waals surface area contributed by atoms with Crippen molar-refractivity contribution in [2.24, 2.45) is 0 Å². The maximum Gasteiger partial charge on any atom is -1.00 e. The van der Waals surface area contributed by atoms with Gasteiger partial charge in [-0.2, -0.15) is 0 Å². The summed E-state index contributed by atoms with van der Waals surface area (Å²) >= 11 is -1.12. The standard InChI is InChI=1S/C44H50O2Si.2ClH.Zr/c1-27-23-31-25-33(43(3,4)5)39(45-9)35(29-19-15-13-16-20-29)37(31)41(27)47(11,12)42-28(2)24-32-26-34(44(6,7)8)40(46-10)36(38(32)42)30-21-17-14-18-22-30;;;/h13-26H,1-12H3;2*1H;/q;;;+2/p-2. The van der Waals surface area contributed by atoms with E-state index in [1.54, 1.807) is 32.7 Å². The quantitative estimate of drug-likeness (QED) is 0.241. The maximum absolute atomic E-state index is 6.47. The predicted octanol–water partition coefficient (Wildman–Crippen LogP) is 5.88. The molecule has 0 aromatic heterocycles. The van der Waals surface area contributed by atoms with E-state index in [4.69, 9.17) is 9.47 Å². The van der Waals surface area contributed by atoms with Crippen molar-refractivity contribution in [1.82, 2.24) is 0 Å². The normalized spacial score (nSPS) is 18.5. The fraction of sp³-hybridized carbons (Fsp3) is 0.364. The smallest absolute Gasteiger partial charge is 1.00 e. The van der Waals surface area contributed by atoms with Crippen LogP contribution in [0.5, 0.6) is 11.5 Å². The zero-order chi connectivity index (χ0) is 34.5. The molecule has 50 heavy (non-hydrogen) atoms. The molecule has 4 aromatic rings. The van der Waals surface area contributed by atoms with Crippen LogP contribution in [0.3, 0.4) is 0 Å². The molecule has 2 aliphatic carbocycles. The molecule has 260 valence electrons. The molecule has 2 atom stereocenters. The van der Waals surface area contributed by atoms with E-state index in [0.29, 0.717) is 7.25 Å². The molecule has 0 fully saturated rings. The summed E-state index contributed by atoms with van der Waals surface area (Å²) in [6.45, 7) is 24.3. The van der Waals surface area contributed by atoms with Crippen LogP contribution in [-0.4, -0.2) is 22.3 Å². The van der Waals surface area contributed by atoms with Crippen LogP contribution in [0, 0.1) is 0 Å². The number of methoxy groups -OCH3 is 2. The summed E-state index contributed by atoms with van der Waals surface area (Å²) in [5, 5.41) is 3.28. The van der Waals surface area contributed by atoms with Gasteiger partial charge < -0.3 is 24.8 Å². The third-order valence-corrected chi connectivity index (χ3v) is 20.2. The SMILES string of the molecule is COc1c(C(C)(C)C)cc2c(c1-c1ccccc1)C1=C(C)[CH]2[Zr+2][CH]2C(C)=C(c3c2cc(C(C)(C)C)c(OC)c3-c2ccccc2)[Si]1(C)C.[Cl-].[Cl-]. The van der Waals surface area contributed by atoms with Gasteiger partial charge >= 0.3 is 303 Å². The number of hydrogen-bond acceptors (Lipinski definition) is 2. The molecule has 0 saturated heterocycles. The van der Waals surface area contributed by atoms with Crippen LogP contribution in [0.1, 0.15) is 96.0 Å². The molecule has 0 radical (unpaired) electrons. The van der Waals surface area contributed by atoms with Crippen molar-refractivity contribution in [1.29, 1.82) is 0 Å². The Kier molecular flexibility index (Phi) is 10.5. The number of ether oxygens (including phenoxy) is 2. The van der Waals surface area contributed by atoms with Gasteiger partial charge in [0.1, 0.15) is 0 Å². The van der Waals surface area contributed by atoms with Crippen LogP contribution in [0.2, 0.25) is 13.1 Å². The first-order valence-electron chi connectivity index (χ1n) is 17.4. The number of rotatable bonds is 4. The van der Waals surface area contributed by atoms with E-state index in [1.165, 1.54) is 44.5 Å². The summed E-state index contributed by atoms with van der Waals surface area (Å²) in [6, 6.07) is 27.3. The van der Waals surface area contributed by atoms with Crippen molar-refractivity contribution in [3.8, 4) is 33.8 Å². The van der Waals surface area contributed by atoms with Crippen molar-refractivity contribution in [3.05, 3.63) is 117 Å². The molecule has 4 aromatic carbocycles. The summed E-state index contributed by atoms with van der Waals surface area (Å²) in [6.07, 6.45) is 0. The van der Waals surface area contributed by atoms with Gasteiger partial charge in [0.2, 0.25) is 0 Å². The van der Waals surface area contributed by atoms with E-state index >= 15 is 0 Å². The van der Waals surface area contributed by atoms with Crippen LogP contribution >= 0.6 is 0 Å². The molecular formula is C44H50Cl2O2SiZr. The second kappa shape index (κ2) is 13.6. The Morgan fingerprint density at radius 3 is 1.20 bits per heavy atom. The van der Waals surface area contributed by atoms with Crippen LogP contribution in [0.15, 0.2) is 83.9 Å². The van der Waals surface area contributed by atoms with Crippen molar-refractivity contribution >= 4 is 18.5 Å². The zero-order valence-corrected chi connectivity index (χ0v) is 36.6. The Balaban J connectivity index is 0.00000243. The van der Waals surface area contributed by atoms with Gasteiger partial charge in [0, 0.05) is 0 Å². The first-order chi connectivity index (χ1) is 22.6. The molecule has 1 aliphatic heterocycles. The fourth-order valence-corrected chi connectivity index (χ4v) is 18.9. The molecule has 6 heteroatoms. The summed E-state index contributed by atoms with van der Waals surface area (Å²) in [5.41, 5.74) is 17.1. The van der Waals surface area contributed by atoms with Gasteiger partial charge in [-0.15, -0.1) is 0 Å². The van der Waals surface area contributed by atoms with E-state index in [2.05, 4.69) is 141 Å². The van der Waals surface area contributed by atoms with Gasteiger partial charge in [-0.05, 0) is 0 Å². The average Bonchev–Trinajstić information content (AvgIpc) is 3.50. The first-order valence-corrected chi connectivity index (χ1v) is 23.3. The summed E-state index contributed by atoms with van der Waals surface area (Å²) in [7, 11) is 1.42. The van der Waals surface area contributed by atoms with Crippen LogP contribution in [0.4, 0.5) is 0 Å². The monoisotopic (exact) mass is 798 g/mol. The second-order valence-corrected chi connectivity index (χ2v) is 24.5. The Bertz CT molecular complexity index is 1890. The number of halogens is 2. The van der Waals surface area contributed by atoms with Crippen molar-refractivity contribution < 1.29 is 57.5 Å². The Labute approximate surface area is 325 Å². The van der Waals surface area contributed by atoms with E-state index in [9.17, 15) is 0 Å². The molecule has 0 N–H and O–H groups in total. The Morgan fingerprint density at radius 1 is 0.560 bits per heavy atom. The van der Waals surface area contributed by atoms with E-state index < -0.39 is 31.3 Å². The fourth-order valence-electron chi connectivity index (χ4n) is 9.15. The second-order valence-electron chi connectivity index (χ2n) is 16.6. The predicted molar refractivity (Wildman–Crippen MR) is 202 cm³/mol. The van der Waals surface area contributed by atoms with E-state index in [0.717, 1.165) is 11.5 Å². The summed E-state index contributed by atoms with van der Waals surface area (Å²) < 4.78 is 14.0. The summed E-state index contributed by atoms with van der Waals surface area (Å²) in [5.74, 6) is 2.09. The van der Waals surface area contributed by atoms with Crippen molar-refractivity contribution in [2.75, 3.05) is 14.2 Å². The van der Waals surface area contributed by atoms with Crippen molar-refractivity contribution in [2.45, 2.75) is 86.6 Å².